The van der Waals surface area contributed by atoms with Gasteiger partial charge in [-0.1, -0.05) is 41.1 Å². The van der Waals surface area contributed by atoms with Crippen molar-refractivity contribution in [3.63, 3.8) is 0 Å². The fourth-order valence-electron chi connectivity index (χ4n) is 4.56. The molecule has 3 aromatic rings. The molecule has 2 N–H and O–H groups in total. The fraction of sp³-hybridized carbons (Fsp3) is 0.481. The molecule has 8 heteroatoms. The molecule has 0 fully saturated rings. The minimum absolute atomic E-state index is 0.0844. The Kier molecular flexibility index (Phi) is 7.45. The van der Waals surface area contributed by atoms with E-state index in [1.807, 2.05) is 24.7 Å². The van der Waals surface area contributed by atoms with E-state index in [9.17, 15) is 8.42 Å². The predicted molar refractivity (Wildman–Crippen MR) is 139 cm³/mol. The van der Waals surface area contributed by atoms with E-state index in [-0.39, 0.29) is 22.5 Å². The Labute approximate surface area is 209 Å². The third-order valence-electron chi connectivity index (χ3n) is 6.39. The van der Waals surface area contributed by atoms with Gasteiger partial charge in [0, 0.05) is 30.7 Å². The predicted octanol–water partition coefficient (Wildman–Crippen LogP) is 4.31. The lowest BCUT2D eigenvalue weighted by atomic mass is 9.86. The van der Waals surface area contributed by atoms with Crippen molar-refractivity contribution in [3.05, 3.63) is 76.6 Å². The number of sulfonamides is 1. The van der Waals surface area contributed by atoms with Crippen molar-refractivity contribution in [2.75, 3.05) is 0 Å². The van der Waals surface area contributed by atoms with E-state index in [1.54, 1.807) is 24.3 Å². The van der Waals surface area contributed by atoms with Crippen LogP contribution in [0.5, 0.6) is 0 Å². The van der Waals surface area contributed by atoms with E-state index in [2.05, 4.69) is 59.3 Å². The van der Waals surface area contributed by atoms with Crippen molar-refractivity contribution < 1.29 is 8.42 Å². The van der Waals surface area contributed by atoms with Crippen LogP contribution in [0.3, 0.4) is 0 Å². The van der Waals surface area contributed by atoms with Crippen LogP contribution in [-0.2, 0) is 29.4 Å². The van der Waals surface area contributed by atoms with E-state index in [1.165, 1.54) is 16.7 Å². The Hall–Kier alpha value is -2.55. The topological polar surface area (TPSA) is 88.9 Å². The SMILES string of the molecule is Cc1ccc(S(=O)(=O)NC(C)Cc2cn([C@H]3CCCc4cc(CNC(C)(C)C)ccc43)nn2)cc1. The average Bonchev–Trinajstić information content (AvgIpc) is 3.24. The van der Waals surface area contributed by atoms with Crippen LogP contribution in [0.2, 0.25) is 0 Å². The molecule has 0 spiro atoms. The average molecular weight is 496 g/mol. The molecular weight excluding hydrogens is 458 g/mol. The normalized spacial score (nSPS) is 17.2. The van der Waals surface area contributed by atoms with Crippen LogP contribution in [-0.4, -0.2) is 35.0 Å². The standard InChI is InChI=1S/C27H37N5O2S/c1-19-9-12-24(13-10-19)35(33,34)30-20(2)15-23-18-32(31-29-23)26-8-6-7-22-16-21(11-14-25(22)26)17-28-27(3,4)5/h9-14,16,18,20,26,28,30H,6-8,15,17H2,1-5H3/t20?,26-/m0/s1. The summed E-state index contributed by atoms with van der Waals surface area (Å²) in [6.45, 7) is 11.2. The first-order valence-corrected chi connectivity index (χ1v) is 13.8. The molecule has 0 saturated carbocycles. The van der Waals surface area contributed by atoms with Crippen LogP contribution in [0, 0.1) is 6.92 Å². The van der Waals surface area contributed by atoms with Gasteiger partial charge in [-0.25, -0.2) is 17.8 Å². The summed E-state index contributed by atoms with van der Waals surface area (Å²) in [7, 11) is -3.58. The van der Waals surface area contributed by atoms with E-state index in [4.69, 9.17) is 0 Å². The maximum Gasteiger partial charge on any atom is 0.240 e. The molecule has 0 bridgehead atoms. The molecule has 0 radical (unpaired) electrons. The summed E-state index contributed by atoms with van der Waals surface area (Å²) in [5.74, 6) is 0. The lowest BCUT2D eigenvalue weighted by Gasteiger charge is -2.27. The number of nitrogens with one attached hydrogen (secondary N) is 2. The van der Waals surface area contributed by atoms with E-state index in [0.29, 0.717) is 6.42 Å². The number of benzene rings is 2. The Bertz CT molecular complexity index is 1260. The molecule has 1 unspecified atom stereocenters. The van der Waals surface area contributed by atoms with Crippen molar-refractivity contribution in [1.82, 2.24) is 25.0 Å². The van der Waals surface area contributed by atoms with Gasteiger partial charge in [0.05, 0.1) is 16.6 Å². The van der Waals surface area contributed by atoms with Gasteiger partial charge in [0.15, 0.2) is 0 Å². The summed E-state index contributed by atoms with van der Waals surface area (Å²) in [5.41, 5.74) is 5.87. The van der Waals surface area contributed by atoms with Crippen LogP contribution in [0.25, 0.3) is 0 Å². The summed E-state index contributed by atoms with van der Waals surface area (Å²) in [6, 6.07) is 13.5. The van der Waals surface area contributed by atoms with E-state index < -0.39 is 10.0 Å². The van der Waals surface area contributed by atoms with Gasteiger partial charge in [0.1, 0.15) is 0 Å². The van der Waals surface area contributed by atoms with Crippen molar-refractivity contribution in [1.29, 1.82) is 0 Å². The lowest BCUT2D eigenvalue weighted by molar-refractivity contribution is 0.422. The molecule has 1 aromatic heterocycles. The molecule has 1 aliphatic carbocycles. The molecule has 7 nitrogen and oxygen atoms in total. The summed E-state index contributed by atoms with van der Waals surface area (Å²) in [6.07, 6.45) is 5.64. The second-order valence-electron chi connectivity index (χ2n) is 10.8. The highest BCUT2D eigenvalue weighted by Crippen LogP contribution is 2.33. The minimum Gasteiger partial charge on any atom is -0.308 e. The molecule has 1 heterocycles. The number of nitrogens with zero attached hydrogens (tertiary/aromatic N) is 3. The first-order valence-electron chi connectivity index (χ1n) is 12.4. The molecule has 0 amide bonds. The summed E-state index contributed by atoms with van der Waals surface area (Å²) in [4.78, 5) is 0.273. The molecule has 1 aliphatic rings. The molecule has 35 heavy (non-hydrogen) atoms. The number of aryl methyl sites for hydroxylation is 2. The minimum atomic E-state index is -3.58. The first kappa shape index (κ1) is 25.5. The highest BCUT2D eigenvalue weighted by atomic mass is 32.2. The molecule has 2 atom stereocenters. The lowest BCUT2D eigenvalue weighted by Crippen LogP contribution is -2.35. The molecule has 2 aromatic carbocycles. The number of fused-ring (bicyclic) bond motifs is 1. The Balaban J connectivity index is 1.43. The molecule has 4 rings (SSSR count). The second kappa shape index (κ2) is 10.2. The van der Waals surface area contributed by atoms with Gasteiger partial charge in [-0.3, -0.25) is 0 Å². The van der Waals surface area contributed by atoms with Crippen LogP contribution in [0.4, 0.5) is 0 Å². The Morgan fingerprint density at radius 1 is 1.14 bits per heavy atom. The zero-order valence-electron chi connectivity index (χ0n) is 21.4. The van der Waals surface area contributed by atoms with E-state index >= 15 is 0 Å². The zero-order chi connectivity index (χ0) is 25.2. The summed E-state index contributed by atoms with van der Waals surface area (Å²) in [5, 5.41) is 12.3. The van der Waals surface area contributed by atoms with Gasteiger partial charge < -0.3 is 5.32 Å². The van der Waals surface area contributed by atoms with Gasteiger partial charge in [-0.15, -0.1) is 5.10 Å². The quantitative estimate of drug-likeness (QED) is 0.486. The number of hydrogen-bond donors (Lipinski definition) is 2. The first-order chi connectivity index (χ1) is 16.5. The second-order valence-corrected chi connectivity index (χ2v) is 12.5. The van der Waals surface area contributed by atoms with Gasteiger partial charge >= 0.3 is 0 Å². The third-order valence-corrected chi connectivity index (χ3v) is 8.00. The maximum absolute atomic E-state index is 12.7. The third kappa shape index (κ3) is 6.57. The van der Waals surface area contributed by atoms with Gasteiger partial charge in [-0.05, 0) is 82.7 Å². The van der Waals surface area contributed by atoms with Gasteiger partial charge in [0.25, 0.3) is 0 Å². The smallest absolute Gasteiger partial charge is 0.240 e. The molecular formula is C27H37N5O2S. The number of aromatic nitrogens is 3. The monoisotopic (exact) mass is 495 g/mol. The number of hydrogen-bond acceptors (Lipinski definition) is 5. The molecule has 0 saturated heterocycles. The van der Waals surface area contributed by atoms with Crippen LogP contribution in [0.1, 0.15) is 74.5 Å². The highest BCUT2D eigenvalue weighted by Gasteiger charge is 2.24. The summed E-state index contributed by atoms with van der Waals surface area (Å²) >= 11 is 0. The maximum atomic E-state index is 12.7. The fourth-order valence-corrected chi connectivity index (χ4v) is 5.80. The van der Waals surface area contributed by atoms with Crippen molar-refractivity contribution >= 4 is 10.0 Å². The van der Waals surface area contributed by atoms with Crippen LogP contribution in [0.15, 0.2) is 53.6 Å². The zero-order valence-corrected chi connectivity index (χ0v) is 22.2. The molecule has 188 valence electrons. The Morgan fingerprint density at radius 2 is 1.89 bits per heavy atom. The highest BCUT2D eigenvalue weighted by molar-refractivity contribution is 7.89. The van der Waals surface area contributed by atoms with E-state index in [0.717, 1.165) is 37.1 Å². The Morgan fingerprint density at radius 3 is 2.60 bits per heavy atom. The van der Waals surface area contributed by atoms with Crippen molar-refractivity contribution in [2.45, 2.75) is 89.4 Å². The van der Waals surface area contributed by atoms with Crippen molar-refractivity contribution in [2.24, 2.45) is 0 Å². The van der Waals surface area contributed by atoms with Gasteiger partial charge in [0.2, 0.25) is 10.0 Å². The summed E-state index contributed by atoms with van der Waals surface area (Å²) < 4.78 is 30.1. The van der Waals surface area contributed by atoms with Gasteiger partial charge in [-0.2, -0.15) is 0 Å². The largest absolute Gasteiger partial charge is 0.308 e. The van der Waals surface area contributed by atoms with Crippen molar-refractivity contribution in [3.8, 4) is 0 Å². The van der Waals surface area contributed by atoms with Crippen LogP contribution < -0.4 is 10.0 Å². The van der Waals surface area contributed by atoms with Crippen LogP contribution >= 0.6 is 0 Å². The number of rotatable bonds is 8. The molecule has 0 aliphatic heterocycles.